The zero-order chi connectivity index (χ0) is 18.1. The lowest BCUT2D eigenvalue weighted by Crippen LogP contribution is -2.41. The molecule has 1 saturated heterocycles. The first-order valence-electron chi connectivity index (χ1n) is 8.49. The Balaban J connectivity index is 1.55. The lowest BCUT2D eigenvalue weighted by atomic mass is 10.0. The highest BCUT2D eigenvalue weighted by atomic mass is 19.1. The predicted molar refractivity (Wildman–Crippen MR) is 98.6 cm³/mol. The van der Waals surface area contributed by atoms with Gasteiger partial charge < -0.3 is 10.2 Å². The first kappa shape index (κ1) is 16.3. The van der Waals surface area contributed by atoms with Crippen molar-refractivity contribution in [3.63, 3.8) is 0 Å². The van der Waals surface area contributed by atoms with E-state index >= 15 is 0 Å². The van der Waals surface area contributed by atoms with Crippen molar-refractivity contribution in [2.45, 2.75) is 12.5 Å². The van der Waals surface area contributed by atoms with Crippen molar-refractivity contribution in [1.82, 2.24) is 5.32 Å². The van der Waals surface area contributed by atoms with Crippen molar-refractivity contribution < 1.29 is 14.0 Å². The molecule has 0 saturated carbocycles. The molecule has 3 aromatic carbocycles. The number of hydrogen-bond donors (Lipinski definition) is 1. The third kappa shape index (κ3) is 2.81. The van der Waals surface area contributed by atoms with E-state index in [9.17, 15) is 14.0 Å². The Labute approximate surface area is 150 Å². The summed E-state index contributed by atoms with van der Waals surface area (Å²) >= 11 is 0. The highest BCUT2D eigenvalue weighted by Gasteiger charge is 2.35. The number of benzene rings is 3. The maximum Gasteiger partial charge on any atom is 0.252 e. The van der Waals surface area contributed by atoms with Gasteiger partial charge >= 0.3 is 0 Å². The van der Waals surface area contributed by atoms with E-state index in [0.717, 1.165) is 10.8 Å². The van der Waals surface area contributed by atoms with Crippen LogP contribution in [0.2, 0.25) is 0 Å². The van der Waals surface area contributed by atoms with Crippen LogP contribution in [0.5, 0.6) is 0 Å². The van der Waals surface area contributed by atoms with Gasteiger partial charge in [0.25, 0.3) is 5.91 Å². The van der Waals surface area contributed by atoms with Crippen LogP contribution in [-0.2, 0) is 4.79 Å². The van der Waals surface area contributed by atoms with E-state index in [1.807, 2.05) is 36.4 Å². The molecule has 26 heavy (non-hydrogen) atoms. The third-order valence-electron chi connectivity index (χ3n) is 4.69. The molecule has 5 heteroatoms. The van der Waals surface area contributed by atoms with E-state index in [1.165, 1.54) is 11.0 Å². The fourth-order valence-corrected chi connectivity index (χ4v) is 3.38. The molecular weight excluding hydrogens is 331 g/mol. The minimum atomic E-state index is -0.652. The smallest absolute Gasteiger partial charge is 0.252 e. The molecule has 1 fully saturated rings. The molecule has 0 spiro atoms. The quantitative estimate of drug-likeness (QED) is 0.787. The molecule has 4 nitrogen and oxygen atoms in total. The third-order valence-corrected chi connectivity index (χ3v) is 4.69. The standard InChI is InChI=1S/C21H17FN2O2/c22-17-10-3-4-11-19(17)24-13-12-18(21(24)26)23-20(25)16-9-5-7-14-6-1-2-8-15(14)16/h1-11,18H,12-13H2,(H,23,25). The summed E-state index contributed by atoms with van der Waals surface area (Å²) in [6, 6.07) is 18.6. The zero-order valence-electron chi connectivity index (χ0n) is 14.0. The summed E-state index contributed by atoms with van der Waals surface area (Å²) in [5.41, 5.74) is 0.777. The van der Waals surface area contributed by atoms with Crippen molar-refractivity contribution in [3.8, 4) is 0 Å². The van der Waals surface area contributed by atoms with Crippen molar-refractivity contribution >= 4 is 28.3 Å². The van der Waals surface area contributed by atoms with Gasteiger partial charge in [0.1, 0.15) is 11.9 Å². The second-order valence-electron chi connectivity index (χ2n) is 6.28. The Kier molecular flexibility index (Phi) is 4.13. The number of para-hydroxylation sites is 1. The largest absolute Gasteiger partial charge is 0.340 e. The topological polar surface area (TPSA) is 49.4 Å². The number of nitrogens with zero attached hydrogens (tertiary/aromatic N) is 1. The SMILES string of the molecule is O=C(NC1CCN(c2ccccc2F)C1=O)c1cccc2ccccc12. The van der Waals surface area contributed by atoms with Gasteiger partial charge in [0.2, 0.25) is 5.91 Å². The number of nitrogens with one attached hydrogen (secondary N) is 1. The first-order valence-corrected chi connectivity index (χ1v) is 8.49. The molecule has 4 rings (SSSR count). The van der Waals surface area contributed by atoms with E-state index in [4.69, 9.17) is 0 Å². The van der Waals surface area contributed by atoms with Crippen LogP contribution in [0.15, 0.2) is 66.7 Å². The van der Waals surface area contributed by atoms with Crippen LogP contribution in [0.3, 0.4) is 0 Å². The van der Waals surface area contributed by atoms with Gasteiger partial charge in [-0.3, -0.25) is 9.59 Å². The fourth-order valence-electron chi connectivity index (χ4n) is 3.38. The summed E-state index contributed by atoms with van der Waals surface area (Å²) in [5.74, 6) is -1.03. The zero-order valence-corrected chi connectivity index (χ0v) is 14.0. The van der Waals surface area contributed by atoms with E-state index < -0.39 is 11.9 Å². The summed E-state index contributed by atoms with van der Waals surface area (Å²) in [4.78, 5) is 26.7. The van der Waals surface area contributed by atoms with Gasteiger partial charge in [-0.15, -0.1) is 0 Å². The predicted octanol–water partition coefficient (Wildman–Crippen LogP) is 3.51. The molecule has 0 aromatic heterocycles. The molecule has 0 aliphatic carbocycles. The molecule has 1 N–H and O–H groups in total. The Morgan fingerprint density at radius 1 is 1.00 bits per heavy atom. The molecule has 0 radical (unpaired) electrons. The van der Waals surface area contributed by atoms with Crippen molar-refractivity contribution in [2.75, 3.05) is 11.4 Å². The highest BCUT2D eigenvalue weighted by molar-refractivity contribution is 6.09. The second kappa shape index (κ2) is 6.59. The molecule has 1 unspecified atom stereocenters. The summed E-state index contributed by atoms with van der Waals surface area (Å²) in [5, 5.41) is 4.60. The van der Waals surface area contributed by atoms with E-state index in [0.29, 0.717) is 18.5 Å². The van der Waals surface area contributed by atoms with E-state index in [-0.39, 0.29) is 17.5 Å². The Hall–Kier alpha value is -3.21. The number of anilines is 1. The van der Waals surface area contributed by atoms with Crippen LogP contribution in [-0.4, -0.2) is 24.4 Å². The average molecular weight is 348 g/mol. The van der Waals surface area contributed by atoms with Crippen LogP contribution in [0.25, 0.3) is 10.8 Å². The lowest BCUT2D eigenvalue weighted by Gasteiger charge is -2.18. The minimum absolute atomic E-state index is 0.249. The van der Waals surface area contributed by atoms with E-state index in [2.05, 4.69) is 5.32 Å². The summed E-state index contributed by atoms with van der Waals surface area (Å²) in [6.45, 7) is 0.375. The molecule has 130 valence electrons. The lowest BCUT2D eigenvalue weighted by molar-refractivity contribution is -0.118. The number of rotatable bonds is 3. The monoisotopic (exact) mass is 348 g/mol. The van der Waals surface area contributed by atoms with Crippen LogP contribution in [0.4, 0.5) is 10.1 Å². The van der Waals surface area contributed by atoms with Gasteiger partial charge in [0.05, 0.1) is 5.69 Å². The first-order chi connectivity index (χ1) is 12.6. The molecule has 2 amide bonds. The Morgan fingerprint density at radius 2 is 1.73 bits per heavy atom. The van der Waals surface area contributed by atoms with Crippen LogP contribution >= 0.6 is 0 Å². The molecule has 1 aliphatic heterocycles. The number of carbonyl (C=O) groups is 2. The summed E-state index contributed by atoms with van der Waals surface area (Å²) in [7, 11) is 0. The number of amides is 2. The molecular formula is C21H17FN2O2. The van der Waals surface area contributed by atoms with Gasteiger partial charge in [0.15, 0.2) is 0 Å². The number of halogens is 1. The van der Waals surface area contributed by atoms with Gasteiger partial charge in [-0.25, -0.2) is 4.39 Å². The van der Waals surface area contributed by atoms with Crippen molar-refractivity contribution in [1.29, 1.82) is 0 Å². The Bertz CT molecular complexity index is 997. The van der Waals surface area contributed by atoms with Gasteiger partial charge in [-0.1, -0.05) is 48.5 Å². The molecule has 3 aromatic rings. The van der Waals surface area contributed by atoms with E-state index in [1.54, 1.807) is 24.3 Å². The average Bonchev–Trinajstić information content (AvgIpc) is 3.02. The van der Waals surface area contributed by atoms with Crippen LogP contribution in [0, 0.1) is 5.82 Å². The molecule has 1 aliphatic rings. The van der Waals surface area contributed by atoms with Crippen LogP contribution in [0.1, 0.15) is 16.8 Å². The fraction of sp³-hybridized carbons (Fsp3) is 0.143. The van der Waals surface area contributed by atoms with Crippen LogP contribution < -0.4 is 10.2 Å². The summed E-state index contributed by atoms with van der Waals surface area (Å²) < 4.78 is 14.0. The summed E-state index contributed by atoms with van der Waals surface area (Å²) in [6.07, 6.45) is 0.448. The van der Waals surface area contributed by atoms with Gasteiger partial charge in [-0.05, 0) is 35.4 Å². The maximum atomic E-state index is 14.0. The van der Waals surface area contributed by atoms with Gasteiger partial charge in [-0.2, -0.15) is 0 Å². The minimum Gasteiger partial charge on any atom is -0.340 e. The molecule has 1 atom stereocenters. The number of hydrogen-bond acceptors (Lipinski definition) is 2. The number of fused-ring (bicyclic) bond motifs is 1. The molecule has 0 bridgehead atoms. The highest BCUT2D eigenvalue weighted by Crippen LogP contribution is 2.25. The Morgan fingerprint density at radius 3 is 2.58 bits per heavy atom. The normalized spacial score (nSPS) is 16.9. The number of carbonyl (C=O) groups excluding carboxylic acids is 2. The van der Waals surface area contributed by atoms with Crippen molar-refractivity contribution in [2.24, 2.45) is 0 Å². The van der Waals surface area contributed by atoms with Crippen molar-refractivity contribution in [3.05, 3.63) is 78.1 Å². The molecule has 1 heterocycles. The van der Waals surface area contributed by atoms with Gasteiger partial charge in [0, 0.05) is 12.1 Å². The second-order valence-corrected chi connectivity index (χ2v) is 6.28. The maximum absolute atomic E-state index is 14.0.